The number of rotatable bonds is 9. The largest absolute Gasteiger partial charge is 0.494 e. The number of nitrogens with one attached hydrogen (secondary N) is 2. The number of hydrogen-bond donors (Lipinski definition) is 3. The second-order valence-electron chi connectivity index (χ2n) is 11.2. The maximum atomic E-state index is 14.3. The van der Waals surface area contributed by atoms with Crippen LogP contribution >= 0.6 is 23.4 Å². The van der Waals surface area contributed by atoms with Gasteiger partial charge >= 0.3 is 0 Å². The molecule has 0 radical (unpaired) electrons. The Balaban J connectivity index is 1.49. The lowest BCUT2D eigenvalue weighted by atomic mass is 9.66. The molecule has 3 amide bonds. The molecule has 3 N–H and O–H groups in total. The number of aliphatic hydroxyl groups is 1. The van der Waals surface area contributed by atoms with Gasteiger partial charge in [0.15, 0.2) is 0 Å². The van der Waals surface area contributed by atoms with Crippen LogP contribution in [0.2, 0.25) is 5.02 Å². The first-order valence-corrected chi connectivity index (χ1v) is 15.1. The molecule has 2 bridgehead atoms. The van der Waals surface area contributed by atoms with Crippen molar-refractivity contribution in [2.75, 3.05) is 23.8 Å². The van der Waals surface area contributed by atoms with Crippen molar-refractivity contribution in [3.8, 4) is 5.75 Å². The molecule has 8 nitrogen and oxygen atoms in total. The zero-order valence-corrected chi connectivity index (χ0v) is 24.7. The minimum absolute atomic E-state index is 0.0171. The van der Waals surface area contributed by atoms with Crippen LogP contribution in [0, 0.1) is 23.7 Å². The van der Waals surface area contributed by atoms with E-state index in [2.05, 4.69) is 17.6 Å². The van der Waals surface area contributed by atoms with Crippen LogP contribution in [-0.4, -0.2) is 63.0 Å². The molecule has 1 spiro atoms. The van der Waals surface area contributed by atoms with Gasteiger partial charge in [0.2, 0.25) is 17.7 Å². The molecule has 3 saturated heterocycles. The monoisotopic (exact) mass is 585 g/mol. The van der Waals surface area contributed by atoms with E-state index in [1.165, 1.54) is 0 Å². The van der Waals surface area contributed by atoms with Crippen molar-refractivity contribution in [3.63, 3.8) is 0 Å². The molecule has 40 heavy (non-hydrogen) atoms. The molecule has 3 fully saturated rings. The predicted molar refractivity (Wildman–Crippen MR) is 158 cm³/mol. The molecule has 2 aromatic rings. The molecule has 7 atom stereocenters. The van der Waals surface area contributed by atoms with Gasteiger partial charge in [-0.1, -0.05) is 32.4 Å². The molecular formula is C30H36ClN3O5S. The molecule has 2 aromatic carbocycles. The van der Waals surface area contributed by atoms with Crippen LogP contribution in [0.25, 0.3) is 0 Å². The minimum Gasteiger partial charge on any atom is -0.494 e. The highest BCUT2D eigenvalue weighted by Gasteiger charge is 2.76. The number of hydrogen-bond acceptors (Lipinski definition) is 6. The van der Waals surface area contributed by atoms with Crippen molar-refractivity contribution in [1.29, 1.82) is 0 Å². The van der Waals surface area contributed by atoms with Crippen molar-refractivity contribution < 1.29 is 24.2 Å². The summed E-state index contributed by atoms with van der Waals surface area (Å²) in [5.74, 6) is -1.42. The Morgan fingerprint density at radius 2 is 1.70 bits per heavy atom. The first kappa shape index (κ1) is 28.8. The van der Waals surface area contributed by atoms with E-state index in [0.29, 0.717) is 28.8 Å². The average Bonchev–Trinajstić information content (AvgIpc) is 3.51. The van der Waals surface area contributed by atoms with Crippen LogP contribution in [0.15, 0.2) is 48.5 Å². The summed E-state index contributed by atoms with van der Waals surface area (Å²) >= 11 is 7.64. The molecule has 214 valence electrons. The topological polar surface area (TPSA) is 108 Å². The fourth-order valence-electron chi connectivity index (χ4n) is 6.81. The molecular weight excluding hydrogens is 550 g/mol. The number of amides is 3. The number of nitrogens with zero attached hydrogens (tertiary/aromatic N) is 1. The number of likely N-dealkylation sites (tertiary alicyclic amines) is 1. The maximum Gasteiger partial charge on any atom is 0.248 e. The van der Waals surface area contributed by atoms with Gasteiger partial charge in [0, 0.05) is 21.6 Å². The summed E-state index contributed by atoms with van der Waals surface area (Å²) in [4.78, 5) is 43.8. The zero-order chi connectivity index (χ0) is 28.8. The quantitative estimate of drug-likeness (QED) is 0.395. The molecule has 3 aliphatic rings. The van der Waals surface area contributed by atoms with E-state index in [1.54, 1.807) is 65.2 Å². The lowest BCUT2D eigenvalue weighted by Crippen LogP contribution is -2.57. The van der Waals surface area contributed by atoms with E-state index >= 15 is 0 Å². The van der Waals surface area contributed by atoms with Gasteiger partial charge in [-0.2, -0.15) is 0 Å². The van der Waals surface area contributed by atoms with E-state index in [0.717, 1.165) is 6.42 Å². The van der Waals surface area contributed by atoms with E-state index in [-0.39, 0.29) is 41.4 Å². The van der Waals surface area contributed by atoms with Gasteiger partial charge in [0.25, 0.3) is 0 Å². The smallest absolute Gasteiger partial charge is 0.248 e. The first-order chi connectivity index (χ1) is 19.1. The van der Waals surface area contributed by atoms with Crippen molar-refractivity contribution >= 4 is 52.5 Å². The van der Waals surface area contributed by atoms with E-state index in [4.69, 9.17) is 16.3 Å². The van der Waals surface area contributed by atoms with Gasteiger partial charge in [0.1, 0.15) is 11.8 Å². The molecule has 5 rings (SSSR count). The number of carbonyl (C=O) groups excluding carboxylic acids is 3. The second-order valence-corrected chi connectivity index (χ2v) is 13.2. The Morgan fingerprint density at radius 3 is 2.27 bits per heavy atom. The fourth-order valence-corrected chi connectivity index (χ4v) is 9.34. The van der Waals surface area contributed by atoms with Crippen molar-refractivity contribution in [2.45, 2.75) is 56.2 Å². The summed E-state index contributed by atoms with van der Waals surface area (Å²) in [5.41, 5.74) is 1.19. The third kappa shape index (κ3) is 4.76. The number of fused-ring (bicyclic) bond motifs is 1. The molecule has 0 saturated carbocycles. The van der Waals surface area contributed by atoms with Crippen LogP contribution in [0.4, 0.5) is 11.4 Å². The summed E-state index contributed by atoms with van der Waals surface area (Å²) in [5, 5.41) is 16.8. The Hall–Kier alpha value is -2.75. The molecule has 3 heterocycles. The predicted octanol–water partition coefficient (Wildman–Crippen LogP) is 4.67. The van der Waals surface area contributed by atoms with E-state index in [1.807, 2.05) is 20.8 Å². The summed E-state index contributed by atoms with van der Waals surface area (Å²) in [6, 6.07) is 12.6. The van der Waals surface area contributed by atoms with Crippen LogP contribution in [0.5, 0.6) is 5.75 Å². The van der Waals surface area contributed by atoms with Gasteiger partial charge in [-0.3, -0.25) is 14.4 Å². The maximum absolute atomic E-state index is 14.3. The molecule has 0 aromatic heterocycles. The summed E-state index contributed by atoms with van der Waals surface area (Å²) in [7, 11) is 0. The lowest BCUT2D eigenvalue weighted by molar-refractivity contribution is -0.142. The Bertz CT molecular complexity index is 1270. The number of aliphatic hydroxyl groups excluding tert-OH is 1. The van der Waals surface area contributed by atoms with Gasteiger partial charge in [-0.25, -0.2) is 0 Å². The highest BCUT2D eigenvalue weighted by molar-refractivity contribution is 8.02. The van der Waals surface area contributed by atoms with E-state index in [9.17, 15) is 19.5 Å². The standard InChI is InChI=1S/C30H36ClN3O5S/c1-5-39-21-12-10-20(11-13-21)32-27(36)24-23-14-17(4)30(40-23)25(24)29(38)34(22(15-35)16(2)3)26(30)28(37)33-19-8-6-18(31)7-9-19/h6-13,16-17,22-26,35H,5,14-15H2,1-4H3,(H,32,36)(H,33,37)/t17?,22-,23+,24-,25-,26?,30?/m0/s1. The van der Waals surface area contributed by atoms with Gasteiger partial charge in [-0.05, 0) is 73.7 Å². The Morgan fingerprint density at radius 1 is 1.10 bits per heavy atom. The highest BCUT2D eigenvalue weighted by Crippen LogP contribution is 2.69. The molecule has 3 unspecified atom stereocenters. The van der Waals surface area contributed by atoms with Gasteiger partial charge in [-0.15, -0.1) is 11.8 Å². The number of halogens is 1. The van der Waals surface area contributed by atoms with Gasteiger partial charge < -0.3 is 25.4 Å². The zero-order valence-electron chi connectivity index (χ0n) is 23.1. The van der Waals surface area contributed by atoms with E-state index < -0.39 is 28.7 Å². The third-order valence-corrected chi connectivity index (χ3v) is 10.9. The van der Waals surface area contributed by atoms with Crippen LogP contribution in [0.3, 0.4) is 0 Å². The van der Waals surface area contributed by atoms with Gasteiger partial charge in [0.05, 0.1) is 35.8 Å². The molecule has 10 heteroatoms. The Kier molecular flexibility index (Phi) is 8.10. The first-order valence-electron chi connectivity index (χ1n) is 13.8. The number of anilines is 2. The molecule has 0 aliphatic carbocycles. The number of carbonyl (C=O) groups is 3. The second kappa shape index (κ2) is 11.3. The number of benzene rings is 2. The summed E-state index contributed by atoms with van der Waals surface area (Å²) < 4.78 is 4.71. The summed E-state index contributed by atoms with van der Waals surface area (Å²) in [6.07, 6.45) is 0.722. The average molecular weight is 586 g/mol. The van der Waals surface area contributed by atoms with Crippen molar-refractivity contribution in [1.82, 2.24) is 4.90 Å². The number of thioether (sulfide) groups is 1. The minimum atomic E-state index is -0.839. The van der Waals surface area contributed by atoms with Crippen molar-refractivity contribution in [3.05, 3.63) is 53.6 Å². The SMILES string of the molecule is CCOc1ccc(NC(=O)[C@@H]2[C@H]3C(=O)N([C@@H](CO)C(C)C)C(C(=O)Nc4ccc(Cl)cc4)C34S[C@@H]2CC4C)cc1. The third-order valence-electron chi connectivity index (χ3n) is 8.59. The highest BCUT2D eigenvalue weighted by atomic mass is 35.5. The van der Waals surface area contributed by atoms with Crippen molar-refractivity contribution in [2.24, 2.45) is 23.7 Å². The van der Waals surface area contributed by atoms with Crippen LogP contribution in [0.1, 0.15) is 34.1 Å². The van der Waals surface area contributed by atoms with Crippen LogP contribution < -0.4 is 15.4 Å². The normalized spacial score (nSPS) is 29.4. The van der Waals surface area contributed by atoms with Crippen LogP contribution in [-0.2, 0) is 14.4 Å². The number of ether oxygens (including phenoxy) is 1. The Labute approximate surface area is 244 Å². The molecule has 3 aliphatic heterocycles. The summed E-state index contributed by atoms with van der Waals surface area (Å²) in [6.45, 7) is 8.11. The fraction of sp³-hybridized carbons (Fsp3) is 0.500. The lowest BCUT2D eigenvalue weighted by Gasteiger charge is -2.40.